The molecular weight excluding hydrogens is 408 g/mol. The maximum atomic E-state index is 12.6. The van der Waals surface area contributed by atoms with Gasteiger partial charge in [-0.05, 0) is 32.6 Å². The van der Waals surface area contributed by atoms with Crippen molar-refractivity contribution in [2.75, 3.05) is 7.05 Å². The highest BCUT2D eigenvalue weighted by Gasteiger charge is 2.33. The summed E-state index contributed by atoms with van der Waals surface area (Å²) >= 11 is 1.13. The fourth-order valence-corrected chi connectivity index (χ4v) is 3.67. The second kappa shape index (κ2) is 10.7. The number of thiazole rings is 1. The van der Waals surface area contributed by atoms with Crippen LogP contribution in [-0.2, 0) is 14.3 Å². The van der Waals surface area contributed by atoms with Crippen LogP contribution in [0.5, 0.6) is 0 Å². The summed E-state index contributed by atoms with van der Waals surface area (Å²) < 4.78 is 11.2. The lowest BCUT2D eigenvalue weighted by molar-refractivity contribution is -0.151. The van der Waals surface area contributed by atoms with Crippen molar-refractivity contribution in [1.29, 1.82) is 0 Å². The summed E-state index contributed by atoms with van der Waals surface area (Å²) in [7, 11) is 1.65. The van der Waals surface area contributed by atoms with Crippen LogP contribution in [0.4, 0.5) is 4.79 Å². The number of nitrogens with zero attached hydrogens (tertiary/aromatic N) is 2. The number of aromatic carboxylic acids is 1. The van der Waals surface area contributed by atoms with Crippen LogP contribution in [-0.4, -0.2) is 51.7 Å². The Bertz CT molecular complexity index is 738. The zero-order chi connectivity index (χ0) is 23.2. The van der Waals surface area contributed by atoms with Gasteiger partial charge in [-0.25, -0.2) is 14.6 Å². The van der Waals surface area contributed by atoms with E-state index in [1.807, 2.05) is 27.7 Å². The molecule has 170 valence electrons. The van der Waals surface area contributed by atoms with Crippen LogP contribution in [0.3, 0.4) is 0 Å². The lowest BCUT2D eigenvalue weighted by Crippen LogP contribution is -2.44. The van der Waals surface area contributed by atoms with Gasteiger partial charge >= 0.3 is 18.0 Å². The molecule has 1 aromatic rings. The molecule has 0 aliphatic heterocycles. The Morgan fingerprint density at radius 2 is 1.80 bits per heavy atom. The molecule has 0 radical (unpaired) electrons. The fraction of sp³-hybridized carbons (Fsp3) is 0.714. The highest BCUT2D eigenvalue weighted by Crippen LogP contribution is 2.31. The van der Waals surface area contributed by atoms with Crippen molar-refractivity contribution in [2.24, 2.45) is 11.8 Å². The Kier molecular flexibility index (Phi) is 9.27. The van der Waals surface area contributed by atoms with E-state index in [0.29, 0.717) is 5.01 Å². The molecule has 0 bridgehead atoms. The smallest absolute Gasteiger partial charge is 0.410 e. The largest absolute Gasteiger partial charge is 0.476 e. The first-order valence-corrected chi connectivity index (χ1v) is 10.9. The zero-order valence-corrected chi connectivity index (χ0v) is 19.9. The molecule has 9 heteroatoms. The summed E-state index contributed by atoms with van der Waals surface area (Å²) in [5.74, 6) is -1.37. The Morgan fingerprint density at radius 1 is 1.20 bits per heavy atom. The summed E-state index contributed by atoms with van der Waals surface area (Å²) in [4.78, 5) is 41.8. The highest BCUT2D eigenvalue weighted by molar-refractivity contribution is 7.09. The first-order chi connectivity index (χ1) is 13.7. The molecule has 0 saturated heterocycles. The van der Waals surface area contributed by atoms with Crippen molar-refractivity contribution >= 4 is 29.4 Å². The van der Waals surface area contributed by atoms with E-state index in [2.05, 4.69) is 4.98 Å². The van der Waals surface area contributed by atoms with Crippen molar-refractivity contribution in [3.05, 3.63) is 16.1 Å². The average molecular weight is 443 g/mol. The van der Waals surface area contributed by atoms with Crippen LogP contribution in [0.25, 0.3) is 0 Å². The Labute approximate surface area is 182 Å². The second-order valence-corrected chi connectivity index (χ2v) is 9.98. The first kappa shape index (κ1) is 25.9. The number of esters is 1. The summed E-state index contributed by atoms with van der Waals surface area (Å²) in [6.07, 6.45) is -0.711. The zero-order valence-electron chi connectivity index (χ0n) is 19.1. The lowest BCUT2D eigenvalue weighted by atomic mass is 9.96. The van der Waals surface area contributed by atoms with Gasteiger partial charge < -0.3 is 19.5 Å². The third-order valence-corrected chi connectivity index (χ3v) is 5.21. The summed E-state index contributed by atoms with van der Waals surface area (Å²) in [5, 5.41) is 11.0. The monoisotopic (exact) mass is 442 g/mol. The molecule has 0 aliphatic carbocycles. The second-order valence-electron chi connectivity index (χ2n) is 9.09. The first-order valence-electron chi connectivity index (χ1n) is 10.0. The van der Waals surface area contributed by atoms with Crippen LogP contribution in [0.15, 0.2) is 5.38 Å². The molecular formula is C21H34N2O6S. The van der Waals surface area contributed by atoms with Gasteiger partial charge in [0, 0.05) is 31.3 Å². The van der Waals surface area contributed by atoms with Gasteiger partial charge in [-0.3, -0.25) is 4.79 Å². The van der Waals surface area contributed by atoms with E-state index >= 15 is 0 Å². The molecule has 0 aliphatic rings. The Hall–Kier alpha value is -2.16. The predicted molar refractivity (Wildman–Crippen MR) is 115 cm³/mol. The number of amides is 1. The van der Waals surface area contributed by atoms with Crippen LogP contribution in [0.1, 0.15) is 82.9 Å². The van der Waals surface area contributed by atoms with Gasteiger partial charge in [-0.2, -0.15) is 0 Å². The number of aromatic nitrogens is 1. The number of carbonyl (C=O) groups excluding carboxylic acids is 2. The number of rotatable bonds is 9. The van der Waals surface area contributed by atoms with E-state index < -0.39 is 23.8 Å². The van der Waals surface area contributed by atoms with Gasteiger partial charge in [0.15, 0.2) is 11.8 Å². The van der Waals surface area contributed by atoms with E-state index in [9.17, 15) is 19.5 Å². The third kappa shape index (κ3) is 8.30. The van der Waals surface area contributed by atoms with Crippen molar-refractivity contribution < 1.29 is 29.0 Å². The number of carbonyl (C=O) groups is 3. The third-order valence-electron chi connectivity index (χ3n) is 4.27. The number of hydrogen-bond acceptors (Lipinski definition) is 7. The van der Waals surface area contributed by atoms with Crippen molar-refractivity contribution in [3.8, 4) is 0 Å². The minimum Gasteiger partial charge on any atom is -0.476 e. The number of hydrogen-bond donors (Lipinski definition) is 1. The molecule has 8 nitrogen and oxygen atoms in total. The standard InChI is InChI=1S/C21H34N2O6S/c1-12(2)9-17(24)28-16(18-22-14(11-30-18)19(25)26)10-15(13(3)4)23(8)20(27)29-21(5,6)7/h11-13,15-16H,9-10H2,1-8H3,(H,25,26). The minimum atomic E-state index is -1.14. The molecule has 0 aromatic carbocycles. The van der Waals surface area contributed by atoms with Gasteiger partial charge in [0.1, 0.15) is 10.6 Å². The summed E-state index contributed by atoms with van der Waals surface area (Å²) in [6.45, 7) is 13.1. The molecule has 1 aromatic heterocycles. The molecule has 1 heterocycles. The maximum absolute atomic E-state index is 12.6. The van der Waals surface area contributed by atoms with Crippen molar-refractivity contribution in [2.45, 2.75) is 79.1 Å². The van der Waals surface area contributed by atoms with Crippen molar-refractivity contribution in [3.63, 3.8) is 0 Å². The lowest BCUT2D eigenvalue weighted by Gasteiger charge is -2.34. The molecule has 0 fully saturated rings. The predicted octanol–water partition coefficient (Wildman–Crippen LogP) is 4.75. The van der Waals surface area contributed by atoms with Gasteiger partial charge in [-0.15, -0.1) is 11.3 Å². The van der Waals surface area contributed by atoms with E-state index in [0.717, 1.165) is 11.3 Å². The van der Waals surface area contributed by atoms with Gasteiger partial charge in [0.25, 0.3) is 0 Å². The molecule has 2 atom stereocenters. The molecule has 2 unspecified atom stereocenters. The van der Waals surface area contributed by atoms with E-state index in [1.165, 1.54) is 10.3 Å². The highest BCUT2D eigenvalue weighted by atomic mass is 32.1. The molecule has 1 rings (SSSR count). The number of carboxylic acids is 1. The number of ether oxygens (including phenoxy) is 2. The molecule has 0 saturated carbocycles. The average Bonchev–Trinajstić information content (AvgIpc) is 3.05. The summed E-state index contributed by atoms with van der Waals surface area (Å²) in [5.41, 5.74) is -0.733. The fourth-order valence-electron chi connectivity index (χ4n) is 2.84. The van der Waals surface area contributed by atoms with Crippen LogP contribution in [0.2, 0.25) is 0 Å². The van der Waals surface area contributed by atoms with Gasteiger partial charge in [0.2, 0.25) is 0 Å². The van der Waals surface area contributed by atoms with Crippen LogP contribution in [0, 0.1) is 11.8 Å². The molecule has 1 amide bonds. The normalized spacial score (nSPS) is 13.8. The number of carboxylic acid groups (broad SMARTS) is 1. The topological polar surface area (TPSA) is 106 Å². The Balaban J connectivity index is 3.14. The van der Waals surface area contributed by atoms with E-state index in [4.69, 9.17) is 9.47 Å². The quantitative estimate of drug-likeness (QED) is 0.550. The minimum absolute atomic E-state index is 0.0349. The van der Waals surface area contributed by atoms with Crippen LogP contribution < -0.4 is 0 Å². The van der Waals surface area contributed by atoms with Gasteiger partial charge in [-0.1, -0.05) is 27.7 Å². The maximum Gasteiger partial charge on any atom is 0.410 e. The Morgan fingerprint density at radius 3 is 2.23 bits per heavy atom. The van der Waals surface area contributed by atoms with E-state index in [-0.39, 0.29) is 42.4 Å². The SMILES string of the molecule is CC(C)CC(=O)OC(CC(C(C)C)N(C)C(=O)OC(C)(C)C)c1nc(C(=O)O)cs1. The van der Waals surface area contributed by atoms with E-state index in [1.54, 1.807) is 27.8 Å². The molecule has 0 spiro atoms. The van der Waals surface area contributed by atoms with Gasteiger partial charge in [0.05, 0.1) is 0 Å². The molecule has 1 N–H and O–H groups in total. The van der Waals surface area contributed by atoms with Crippen LogP contribution >= 0.6 is 11.3 Å². The van der Waals surface area contributed by atoms with Crippen molar-refractivity contribution in [1.82, 2.24) is 9.88 Å². The summed E-state index contributed by atoms with van der Waals surface area (Å²) in [6, 6.07) is -0.311. The molecule has 30 heavy (non-hydrogen) atoms.